The molecule has 0 spiro atoms. The first-order valence-electron chi connectivity index (χ1n) is 12.6. The largest absolute Gasteiger partial charge is 0.292 e. The summed E-state index contributed by atoms with van der Waals surface area (Å²) in [6, 6.07) is 42.0. The minimum Gasteiger partial charge on any atom is -0.292 e. The molecule has 0 amide bonds. The van der Waals surface area contributed by atoms with Crippen molar-refractivity contribution >= 4 is 66.0 Å². The predicted molar refractivity (Wildman–Crippen MR) is 159 cm³/mol. The van der Waals surface area contributed by atoms with E-state index < -0.39 is 0 Å². The molecule has 6 aromatic carbocycles. The zero-order valence-electron chi connectivity index (χ0n) is 20.3. The number of hydrogen-bond donors (Lipinski definition) is 0. The monoisotopic (exact) mass is 505 g/mol. The minimum absolute atomic E-state index is 0.712. The highest BCUT2D eigenvalue weighted by Gasteiger charge is 2.20. The number of rotatable bonds is 2. The van der Waals surface area contributed by atoms with E-state index in [1.807, 2.05) is 30.3 Å². The summed E-state index contributed by atoms with van der Waals surface area (Å²) in [5.41, 5.74) is 5.72. The van der Waals surface area contributed by atoms with Crippen LogP contribution in [0.2, 0.25) is 5.02 Å². The van der Waals surface area contributed by atoms with Gasteiger partial charge in [0.25, 0.3) is 0 Å². The standard InChI is InChI=1S/C34H20ClN3/c35-26-15-16-31-28(20-26)27-18-23-9-3-4-10-24(23)19-32(27)38(31)34-33(36-29-11-5-6-12-30(29)37-34)25-14-13-21-7-1-2-8-22(21)17-25/h1-20H. The van der Waals surface area contributed by atoms with E-state index in [-0.39, 0.29) is 0 Å². The highest BCUT2D eigenvalue weighted by molar-refractivity contribution is 6.32. The van der Waals surface area contributed by atoms with E-state index in [1.165, 1.54) is 21.5 Å². The van der Waals surface area contributed by atoms with Crippen molar-refractivity contribution in [3.8, 4) is 17.1 Å². The Balaban J connectivity index is 1.54. The van der Waals surface area contributed by atoms with Crippen molar-refractivity contribution in [2.24, 2.45) is 0 Å². The molecule has 8 aromatic rings. The third-order valence-corrected chi connectivity index (χ3v) is 7.62. The van der Waals surface area contributed by atoms with Crippen molar-refractivity contribution in [3.63, 3.8) is 0 Å². The van der Waals surface area contributed by atoms with Crippen molar-refractivity contribution in [1.29, 1.82) is 0 Å². The van der Waals surface area contributed by atoms with E-state index in [4.69, 9.17) is 21.6 Å². The lowest BCUT2D eigenvalue weighted by atomic mass is 10.0. The molecule has 0 aliphatic carbocycles. The second-order valence-electron chi connectivity index (χ2n) is 9.66. The Labute approximate surface area is 223 Å². The predicted octanol–water partition coefficient (Wildman–Crippen LogP) is 9.35. The lowest BCUT2D eigenvalue weighted by Crippen LogP contribution is -2.03. The van der Waals surface area contributed by atoms with Crippen molar-refractivity contribution in [1.82, 2.24) is 14.5 Å². The van der Waals surface area contributed by atoms with Gasteiger partial charge in [0.1, 0.15) is 5.69 Å². The van der Waals surface area contributed by atoms with Crippen LogP contribution in [-0.4, -0.2) is 14.5 Å². The summed E-state index contributed by atoms with van der Waals surface area (Å²) in [6.45, 7) is 0. The summed E-state index contributed by atoms with van der Waals surface area (Å²) in [5.74, 6) is 0.802. The number of para-hydroxylation sites is 2. The maximum atomic E-state index is 6.52. The molecule has 0 aliphatic rings. The maximum Gasteiger partial charge on any atom is 0.165 e. The Morgan fingerprint density at radius 3 is 1.92 bits per heavy atom. The molecule has 0 fully saturated rings. The Kier molecular flexibility index (Phi) is 4.58. The van der Waals surface area contributed by atoms with E-state index in [0.29, 0.717) is 5.02 Å². The second kappa shape index (κ2) is 8.14. The van der Waals surface area contributed by atoms with Gasteiger partial charge in [0, 0.05) is 21.4 Å². The first kappa shape index (κ1) is 21.4. The molecule has 0 saturated heterocycles. The maximum absolute atomic E-state index is 6.52. The molecule has 38 heavy (non-hydrogen) atoms. The van der Waals surface area contributed by atoms with Gasteiger partial charge in [-0.3, -0.25) is 4.57 Å². The smallest absolute Gasteiger partial charge is 0.165 e. The van der Waals surface area contributed by atoms with Gasteiger partial charge in [-0.05, 0) is 70.1 Å². The van der Waals surface area contributed by atoms with Gasteiger partial charge in [-0.2, -0.15) is 0 Å². The Bertz CT molecular complexity index is 2210. The SMILES string of the molecule is Clc1ccc2c(c1)c1cc3ccccc3cc1n2-c1nc2ccccc2nc1-c1ccc2ccccc2c1. The molecule has 0 N–H and O–H groups in total. The molecule has 178 valence electrons. The lowest BCUT2D eigenvalue weighted by Gasteiger charge is -2.14. The van der Waals surface area contributed by atoms with Crippen molar-refractivity contribution in [2.45, 2.75) is 0 Å². The second-order valence-corrected chi connectivity index (χ2v) is 10.1. The number of aromatic nitrogens is 3. The molecule has 2 heterocycles. The van der Waals surface area contributed by atoms with Crippen LogP contribution < -0.4 is 0 Å². The van der Waals surface area contributed by atoms with Gasteiger partial charge >= 0.3 is 0 Å². The van der Waals surface area contributed by atoms with E-state index in [1.54, 1.807) is 0 Å². The van der Waals surface area contributed by atoms with Crippen molar-refractivity contribution in [2.75, 3.05) is 0 Å². The molecule has 0 saturated carbocycles. The van der Waals surface area contributed by atoms with E-state index >= 15 is 0 Å². The van der Waals surface area contributed by atoms with Crippen LogP contribution in [-0.2, 0) is 0 Å². The van der Waals surface area contributed by atoms with Crippen LogP contribution in [0.3, 0.4) is 0 Å². The van der Waals surface area contributed by atoms with Crippen LogP contribution in [0.25, 0.3) is 71.5 Å². The summed E-state index contributed by atoms with van der Waals surface area (Å²) >= 11 is 6.52. The van der Waals surface area contributed by atoms with Crippen LogP contribution in [0.1, 0.15) is 0 Å². The third-order valence-electron chi connectivity index (χ3n) is 7.38. The zero-order chi connectivity index (χ0) is 25.2. The Hall–Kier alpha value is -4.73. The average Bonchev–Trinajstić information content (AvgIpc) is 3.27. The first-order chi connectivity index (χ1) is 18.7. The third kappa shape index (κ3) is 3.22. The van der Waals surface area contributed by atoms with E-state index in [2.05, 4.69) is 95.6 Å². The summed E-state index contributed by atoms with van der Waals surface area (Å²) in [5, 5.41) is 7.69. The molecule has 4 heteroatoms. The topological polar surface area (TPSA) is 30.7 Å². The molecule has 0 unspecified atom stereocenters. The highest BCUT2D eigenvalue weighted by Crippen LogP contribution is 2.38. The van der Waals surface area contributed by atoms with Crippen LogP contribution in [0.5, 0.6) is 0 Å². The van der Waals surface area contributed by atoms with Gasteiger partial charge in [0.15, 0.2) is 5.82 Å². The van der Waals surface area contributed by atoms with Crippen LogP contribution in [0.4, 0.5) is 0 Å². The molecule has 8 rings (SSSR count). The average molecular weight is 506 g/mol. The van der Waals surface area contributed by atoms with Crippen molar-refractivity contribution < 1.29 is 0 Å². The Morgan fingerprint density at radius 1 is 0.500 bits per heavy atom. The lowest BCUT2D eigenvalue weighted by molar-refractivity contribution is 1.08. The number of halogens is 1. The van der Waals surface area contributed by atoms with Crippen LogP contribution >= 0.6 is 11.6 Å². The van der Waals surface area contributed by atoms with Gasteiger partial charge in [0.05, 0.1) is 22.1 Å². The summed E-state index contributed by atoms with van der Waals surface area (Å²) < 4.78 is 2.25. The number of fused-ring (bicyclic) bond motifs is 6. The normalized spacial score (nSPS) is 11.8. The summed E-state index contributed by atoms with van der Waals surface area (Å²) in [4.78, 5) is 10.4. The number of hydrogen-bond acceptors (Lipinski definition) is 2. The fourth-order valence-electron chi connectivity index (χ4n) is 5.58. The van der Waals surface area contributed by atoms with Gasteiger partial charge < -0.3 is 0 Å². The molecule has 0 atom stereocenters. The van der Waals surface area contributed by atoms with Gasteiger partial charge in [-0.25, -0.2) is 9.97 Å². The highest BCUT2D eigenvalue weighted by atomic mass is 35.5. The summed E-state index contributed by atoms with van der Waals surface area (Å²) in [7, 11) is 0. The summed E-state index contributed by atoms with van der Waals surface area (Å²) in [6.07, 6.45) is 0. The van der Waals surface area contributed by atoms with Crippen LogP contribution in [0.15, 0.2) is 121 Å². The van der Waals surface area contributed by atoms with Gasteiger partial charge in [-0.15, -0.1) is 0 Å². The molecule has 0 bridgehead atoms. The molecule has 0 aliphatic heterocycles. The molecular weight excluding hydrogens is 486 g/mol. The quantitative estimate of drug-likeness (QED) is 0.234. The minimum atomic E-state index is 0.712. The number of nitrogens with zero attached hydrogens (tertiary/aromatic N) is 3. The fourth-order valence-corrected chi connectivity index (χ4v) is 5.75. The molecule has 3 nitrogen and oxygen atoms in total. The van der Waals surface area contributed by atoms with Gasteiger partial charge in [0.2, 0.25) is 0 Å². The first-order valence-corrected chi connectivity index (χ1v) is 13.0. The molecule has 0 radical (unpaired) electrons. The Morgan fingerprint density at radius 2 is 1.13 bits per heavy atom. The number of benzene rings is 6. The van der Waals surface area contributed by atoms with E-state index in [9.17, 15) is 0 Å². The van der Waals surface area contributed by atoms with Gasteiger partial charge in [-0.1, -0.05) is 84.4 Å². The van der Waals surface area contributed by atoms with Crippen molar-refractivity contribution in [3.05, 3.63) is 126 Å². The van der Waals surface area contributed by atoms with Crippen LogP contribution in [0, 0.1) is 0 Å². The van der Waals surface area contributed by atoms with E-state index in [0.717, 1.165) is 49.9 Å². The zero-order valence-corrected chi connectivity index (χ0v) is 21.0. The molecular formula is C34H20ClN3. The fraction of sp³-hybridized carbons (Fsp3) is 0. The molecule has 2 aromatic heterocycles.